The molecule has 0 aliphatic carbocycles. The maximum atomic E-state index is 12.8. The highest BCUT2D eigenvalue weighted by atomic mass is 19.4. The lowest BCUT2D eigenvalue weighted by atomic mass is 10.0. The highest BCUT2D eigenvalue weighted by Crippen LogP contribution is 2.30. The number of halogens is 4. The van der Waals surface area contributed by atoms with E-state index < -0.39 is 23.6 Å². The molecular formula is C14H13F4N3. The number of hydrazine groups is 1. The van der Waals surface area contributed by atoms with Gasteiger partial charge in [-0.25, -0.2) is 4.39 Å². The highest BCUT2D eigenvalue weighted by molar-refractivity contribution is 5.27. The number of pyridine rings is 1. The second-order valence-corrected chi connectivity index (χ2v) is 4.52. The van der Waals surface area contributed by atoms with E-state index in [1.54, 1.807) is 6.07 Å². The summed E-state index contributed by atoms with van der Waals surface area (Å²) in [5, 5.41) is 0. The molecule has 1 atom stereocenters. The van der Waals surface area contributed by atoms with Crippen LogP contribution in [0.4, 0.5) is 17.6 Å². The Bertz CT molecular complexity index is 596. The molecule has 2 rings (SSSR count). The Morgan fingerprint density at radius 1 is 1.19 bits per heavy atom. The Hall–Kier alpha value is -1.99. The van der Waals surface area contributed by atoms with Crippen LogP contribution in [-0.2, 0) is 12.6 Å². The van der Waals surface area contributed by atoms with Crippen LogP contribution in [0.15, 0.2) is 42.6 Å². The van der Waals surface area contributed by atoms with Gasteiger partial charge in [-0.15, -0.1) is 0 Å². The third-order valence-electron chi connectivity index (χ3n) is 3.00. The molecule has 7 heteroatoms. The average molecular weight is 299 g/mol. The first-order chi connectivity index (χ1) is 9.90. The molecule has 21 heavy (non-hydrogen) atoms. The van der Waals surface area contributed by atoms with Crippen LogP contribution in [0.25, 0.3) is 0 Å². The van der Waals surface area contributed by atoms with E-state index >= 15 is 0 Å². The Morgan fingerprint density at radius 2 is 1.95 bits per heavy atom. The molecule has 2 aromatic rings. The van der Waals surface area contributed by atoms with E-state index in [0.717, 1.165) is 18.3 Å². The van der Waals surface area contributed by atoms with Gasteiger partial charge in [-0.2, -0.15) is 13.2 Å². The molecule has 1 aromatic heterocycles. The average Bonchev–Trinajstić information content (AvgIpc) is 2.45. The van der Waals surface area contributed by atoms with Crippen molar-refractivity contribution in [1.29, 1.82) is 0 Å². The fourth-order valence-electron chi connectivity index (χ4n) is 1.95. The van der Waals surface area contributed by atoms with Gasteiger partial charge in [-0.3, -0.25) is 16.3 Å². The standard InChI is InChI=1S/C14H13F4N3/c15-11-4-5-12(20-8-11)13(21-19)7-9-2-1-3-10(6-9)14(16,17)18/h1-6,8,13,21H,7,19H2. The van der Waals surface area contributed by atoms with Gasteiger partial charge in [-0.1, -0.05) is 18.2 Å². The van der Waals surface area contributed by atoms with E-state index in [0.29, 0.717) is 11.3 Å². The summed E-state index contributed by atoms with van der Waals surface area (Å²) in [5.41, 5.74) is 2.67. The van der Waals surface area contributed by atoms with Gasteiger partial charge >= 0.3 is 6.18 Å². The molecule has 1 heterocycles. The predicted octanol–water partition coefficient (Wildman–Crippen LogP) is 2.99. The van der Waals surface area contributed by atoms with E-state index in [4.69, 9.17) is 5.84 Å². The normalized spacial score (nSPS) is 13.2. The minimum absolute atomic E-state index is 0.207. The third kappa shape index (κ3) is 3.99. The quantitative estimate of drug-likeness (QED) is 0.518. The number of hydrogen-bond donors (Lipinski definition) is 2. The number of alkyl halides is 3. The monoisotopic (exact) mass is 299 g/mol. The summed E-state index contributed by atoms with van der Waals surface area (Å²) in [5.74, 6) is 4.92. The van der Waals surface area contributed by atoms with Gasteiger partial charge in [0.15, 0.2) is 0 Å². The zero-order valence-corrected chi connectivity index (χ0v) is 10.9. The lowest BCUT2D eigenvalue weighted by Crippen LogP contribution is -2.30. The molecule has 0 bridgehead atoms. The van der Waals surface area contributed by atoms with Gasteiger partial charge in [-0.05, 0) is 30.2 Å². The van der Waals surface area contributed by atoms with Crippen LogP contribution in [0.5, 0.6) is 0 Å². The van der Waals surface area contributed by atoms with Gasteiger partial charge in [0.2, 0.25) is 0 Å². The van der Waals surface area contributed by atoms with Crippen LogP contribution in [0, 0.1) is 5.82 Å². The highest BCUT2D eigenvalue weighted by Gasteiger charge is 2.30. The lowest BCUT2D eigenvalue weighted by molar-refractivity contribution is -0.137. The number of nitrogens with zero attached hydrogens (tertiary/aromatic N) is 1. The molecule has 112 valence electrons. The van der Waals surface area contributed by atoms with Crippen LogP contribution in [0.1, 0.15) is 22.9 Å². The molecule has 0 fully saturated rings. The van der Waals surface area contributed by atoms with Crippen molar-refractivity contribution in [2.45, 2.75) is 18.6 Å². The van der Waals surface area contributed by atoms with Gasteiger partial charge in [0.05, 0.1) is 23.5 Å². The van der Waals surface area contributed by atoms with Crippen molar-refractivity contribution in [3.63, 3.8) is 0 Å². The van der Waals surface area contributed by atoms with Crippen LogP contribution in [0.3, 0.4) is 0 Å². The Morgan fingerprint density at radius 3 is 2.52 bits per heavy atom. The van der Waals surface area contributed by atoms with Crippen LogP contribution >= 0.6 is 0 Å². The fraction of sp³-hybridized carbons (Fsp3) is 0.214. The second kappa shape index (κ2) is 6.19. The Kier molecular flexibility index (Phi) is 4.54. The number of nitrogens with two attached hydrogens (primary N) is 1. The topological polar surface area (TPSA) is 50.9 Å². The zero-order valence-electron chi connectivity index (χ0n) is 10.9. The van der Waals surface area contributed by atoms with Crippen molar-refractivity contribution in [1.82, 2.24) is 10.4 Å². The van der Waals surface area contributed by atoms with E-state index in [1.165, 1.54) is 18.2 Å². The maximum absolute atomic E-state index is 12.8. The van der Waals surface area contributed by atoms with Crippen molar-refractivity contribution in [3.8, 4) is 0 Å². The number of aromatic nitrogens is 1. The molecule has 0 saturated carbocycles. The molecule has 0 amide bonds. The van der Waals surface area contributed by atoms with Crippen LogP contribution in [-0.4, -0.2) is 4.98 Å². The molecule has 0 saturated heterocycles. The first kappa shape index (κ1) is 15.4. The Labute approximate surface area is 118 Å². The van der Waals surface area contributed by atoms with E-state index in [9.17, 15) is 17.6 Å². The van der Waals surface area contributed by atoms with E-state index in [1.807, 2.05) is 0 Å². The van der Waals surface area contributed by atoms with Crippen molar-refractivity contribution >= 4 is 0 Å². The van der Waals surface area contributed by atoms with Crippen LogP contribution in [0.2, 0.25) is 0 Å². The summed E-state index contributed by atoms with van der Waals surface area (Å²) >= 11 is 0. The van der Waals surface area contributed by atoms with E-state index in [-0.39, 0.29) is 6.42 Å². The molecule has 1 unspecified atom stereocenters. The molecule has 0 aliphatic heterocycles. The second-order valence-electron chi connectivity index (χ2n) is 4.52. The summed E-state index contributed by atoms with van der Waals surface area (Å²) in [4.78, 5) is 3.88. The molecule has 0 spiro atoms. The van der Waals surface area contributed by atoms with Gasteiger partial charge in [0, 0.05) is 0 Å². The first-order valence-corrected chi connectivity index (χ1v) is 6.14. The summed E-state index contributed by atoms with van der Waals surface area (Å²) in [6.45, 7) is 0. The minimum Gasteiger partial charge on any atom is -0.271 e. The predicted molar refractivity (Wildman–Crippen MR) is 69.4 cm³/mol. The van der Waals surface area contributed by atoms with Gasteiger partial charge in [0.1, 0.15) is 5.82 Å². The number of rotatable bonds is 4. The van der Waals surface area contributed by atoms with Gasteiger partial charge < -0.3 is 0 Å². The molecular weight excluding hydrogens is 286 g/mol. The van der Waals surface area contributed by atoms with E-state index in [2.05, 4.69) is 10.4 Å². The van der Waals surface area contributed by atoms with Crippen molar-refractivity contribution < 1.29 is 17.6 Å². The van der Waals surface area contributed by atoms with Crippen LogP contribution < -0.4 is 11.3 Å². The van der Waals surface area contributed by atoms with Gasteiger partial charge in [0.25, 0.3) is 0 Å². The fourth-order valence-corrected chi connectivity index (χ4v) is 1.95. The summed E-state index contributed by atoms with van der Waals surface area (Å²) < 4.78 is 50.8. The molecule has 3 N–H and O–H groups in total. The third-order valence-corrected chi connectivity index (χ3v) is 3.00. The Balaban J connectivity index is 2.21. The number of nitrogens with one attached hydrogen (secondary N) is 1. The molecule has 3 nitrogen and oxygen atoms in total. The van der Waals surface area contributed by atoms with Crippen molar-refractivity contribution in [2.24, 2.45) is 5.84 Å². The summed E-state index contributed by atoms with van der Waals surface area (Å²) in [6.07, 6.45) is -3.15. The minimum atomic E-state index is -4.39. The number of hydrogen-bond acceptors (Lipinski definition) is 3. The number of benzene rings is 1. The smallest absolute Gasteiger partial charge is 0.271 e. The summed E-state index contributed by atoms with van der Waals surface area (Å²) in [7, 11) is 0. The molecule has 1 aromatic carbocycles. The SMILES string of the molecule is NNC(Cc1cccc(C(F)(F)F)c1)c1ccc(F)cn1. The molecule has 0 radical (unpaired) electrons. The first-order valence-electron chi connectivity index (χ1n) is 6.14. The van der Waals surface area contributed by atoms with Crippen molar-refractivity contribution in [2.75, 3.05) is 0 Å². The zero-order chi connectivity index (χ0) is 15.5. The largest absolute Gasteiger partial charge is 0.416 e. The maximum Gasteiger partial charge on any atom is 0.416 e. The molecule has 0 aliphatic rings. The lowest BCUT2D eigenvalue weighted by Gasteiger charge is -2.16. The summed E-state index contributed by atoms with van der Waals surface area (Å²) in [6, 6.07) is 7.13. The van der Waals surface area contributed by atoms with Crippen molar-refractivity contribution in [3.05, 3.63) is 65.2 Å².